The number of anilines is 1. The average molecular weight is 360 g/mol. The molecule has 1 heterocycles. The highest BCUT2D eigenvalue weighted by Crippen LogP contribution is 2.29. The number of hydrogen-bond donors (Lipinski definition) is 1. The van der Waals surface area contributed by atoms with Gasteiger partial charge < -0.3 is 14.8 Å². The van der Waals surface area contributed by atoms with Gasteiger partial charge in [-0.15, -0.1) is 5.10 Å². The highest BCUT2D eigenvalue weighted by molar-refractivity contribution is 6.34. The van der Waals surface area contributed by atoms with E-state index in [1.807, 2.05) is 0 Å². The molecule has 9 heteroatoms. The lowest BCUT2D eigenvalue weighted by atomic mass is 10.1. The van der Waals surface area contributed by atoms with Crippen LogP contribution in [0.1, 0.15) is 10.4 Å². The van der Waals surface area contributed by atoms with Crippen molar-refractivity contribution in [1.29, 1.82) is 0 Å². The highest BCUT2D eigenvalue weighted by atomic mass is 35.5. The number of carbonyl (C=O) groups excluding carboxylic acids is 1. The normalized spacial score (nSPS) is 10.4. The van der Waals surface area contributed by atoms with Crippen molar-refractivity contribution in [2.75, 3.05) is 19.5 Å². The molecule has 0 aliphatic rings. The van der Waals surface area contributed by atoms with E-state index in [-0.39, 0.29) is 5.91 Å². The smallest absolute Gasteiger partial charge is 0.255 e. The summed E-state index contributed by atoms with van der Waals surface area (Å²) in [7, 11) is 3.04. The number of methoxy groups -OCH3 is 2. The van der Waals surface area contributed by atoms with Gasteiger partial charge >= 0.3 is 0 Å². The maximum atomic E-state index is 12.5. The van der Waals surface area contributed by atoms with Crippen LogP contribution in [0.3, 0.4) is 0 Å². The number of benzene rings is 2. The standard InChI is InChI=1S/C16H14ClN5O3/c1-24-14-6-3-10(7-15(14)25-2)16(23)19-13-8-11(4-5-12(13)17)22-9-18-20-21-22/h3-9H,1-2H3,(H,19,23). The quantitative estimate of drug-likeness (QED) is 0.752. The van der Waals surface area contributed by atoms with Crippen LogP contribution >= 0.6 is 11.6 Å². The summed E-state index contributed by atoms with van der Waals surface area (Å²) in [6.07, 6.45) is 1.45. The average Bonchev–Trinajstić information content (AvgIpc) is 3.17. The molecule has 1 N–H and O–H groups in total. The summed E-state index contributed by atoms with van der Waals surface area (Å²) in [5.74, 6) is 0.665. The summed E-state index contributed by atoms with van der Waals surface area (Å²) in [5.41, 5.74) is 1.51. The molecule has 25 heavy (non-hydrogen) atoms. The molecular formula is C16H14ClN5O3. The van der Waals surface area contributed by atoms with Gasteiger partial charge in [0.25, 0.3) is 5.91 Å². The molecule has 3 rings (SSSR count). The van der Waals surface area contributed by atoms with E-state index in [1.165, 1.54) is 25.2 Å². The van der Waals surface area contributed by atoms with Crippen LogP contribution in [0.25, 0.3) is 5.69 Å². The fraction of sp³-hybridized carbons (Fsp3) is 0.125. The second-order valence-electron chi connectivity index (χ2n) is 4.94. The van der Waals surface area contributed by atoms with E-state index < -0.39 is 0 Å². The van der Waals surface area contributed by atoms with E-state index in [9.17, 15) is 4.79 Å². The highest BCUT2D eigenvalue weighted by Gasteiger charge is 2.13. The predicted octanol–water partition coefficient (Wildman–Crippen LogP) is 2.59. The number of amides is 1. The molecule has 2 aromatic carbocycles. The van der Waals surface area contributed by atoms with Gasteiger partial charge in [-0.05, 0) is 46.8 Å². The fourth-order valence-electron chi connectivity index (χ4n) is 2.20. The first-order valence-electron chi connectivity index (χ1n) is 7.18. The van der Waals surface area contributed by atoms with Crippen LogP contribution < -0.4 is 14.8 Å². The van der Waals surface area contributed by atoms with Crippen molar-refractivity contribution in [1.82, 2.24) is 20.2 Å². The molecule has 3 aromatic rings. The lowest BCUT2D eigenvalue weighted by Crippen LogP contribution is -2.13. The Balaban J connectivity index is 1.87. The molecule has 0 spiro atoms. The topological polar surface area (TPSA) is 91.2 Å². The molecule has 0 radical (unpaired) electrons. The Kier molecular flexibility index (Phi) is 4.80. The fourth-order valence-corrected chi connectivity index (χ4v) is 2.37. The van der Waals surface area contributed by atoms with E-state index in [0.29, 0.717) is 33.5 Å². The number of rotatable bonds is 5. The number of carbonyl (C=O) groups is 1. The minimum Gasteiger partial charge on any atom is -0.493 e. The Morgan fingerprint density at radius 2 is 1.92 bits per heavy atom. The van der Waals surface area contributed by atoms with Gasteiger partial charge in [0.2, 0.25) is 0 Å². The minimum atomic E-state index is -0.336. The van der Waals surface area contributed by atoms with Crippen molar-refractivity contribution in [3.05, 3.63) is 53.3 Å². The van der Waals surface area contributed by atoms with Gasteiger partial charge in [0.15, 0.2) is 11.5 Å². The second kappa shape index (κ2) is 7.18. The summed E-state index contributed by atoms with van der Waals surface area (Å²) in [4.78, 5) is 12.5. The molecule has 0 aliphatic carbocycles. The Labute approximate surface area is 148 Å². The van der Waals surface area contributed by atoms with Crippen molar-refractivity contribution < 1.29 is 14.3 Å². The van der Waals surface area contributed by atoms with Gasteiger partial charge in [0.05, 0.1) is 30.6 Å². The summed E-state index contributed by atoms with van der Waals surface area (Å²) < 4.78 is 11.8. The van der Waals surface area contributed by atoms with Crippen molar-refractivity contribution >= 4 is 23.2 Å². The minimum absolute atomic E-state index is 0.336. The summed E-state index contributed by atoms with van der Waals surface area (Å²) in [5, 5.41) is 14.1. The monoisotopic (exact) mass is 359 g/mol. The first kappa shape index (κ1) is 16.7. The number of halogens is 1. The third-order valence-corrected chi connectivity index (χ3v) is 3.79. The number of hydrogen-bond acceptors (Lipinski definition) is 6. The number of ether oxygens (including phenoxy) is 2. The largest absolute Gasteiger partial charge is 0.493 e. The van der Waals surface area contributed by atoms with E-state index in [1.54, 1.807) is 36.4 Å². The lowest BCUT2D eigenvalue weighted by Gasteiger charge is -2.11. The number of aromatic nitrogens is 4. The van der Waals surface area contributed by atoms with Crippen LogP contribution in [0.5, 0.6) is 11.5 Å². The van der Waals surface area contributed by atoms with Crippen LogP contribution in [0, 0.1) is 0 Å². The van der Waals surface area contributed by atoms with Crippen LogP contribution in [0.4, 0.5) is 5.69 Å². The molecule has 0 atom stereocenters. The zero-order chi connectivity index (χ0) is 17.8. The Morgan fingerprint density at radius 3 is 2.60 bits per heavy atom. The molecule has 1 aromatic heterocycles. The molecule has 0 saturated carbocycles. The van der Waals surface area contributed by atoms with E-state index in [2.05, 4.69) is 20.8 Å². The Bertz CT molecular complexity index is 899. The van der Waals surface area contributed by atoms with Gasteiger partial charge in [-0.3, -0.25) is 4.79 Å². The first-order chi connectivity index (χ1) is 12.1. The molecule has 0 saturated heterocycles. The maximum Gasteiger partial charge on any atom is 0.255 e. The van der Waals surface area contributed by atoms with Gasteiger partial charge in [0, 0.05) is 5.56 Å². The second-order valence-corrected chi connectivity index (χ2v) is 5.35. The molecule has 0 unspecified atom stereocenters. The molecule has 0 fully saturated rings. The molecule has 128 valence electrons. The van der Waals surface area contributed by atoms with E-state index >= 15 is 0 Å². The van der Waals surface area contributed by atoms with Crippen molar-refractivity contribution in [3.8, 4) is 17.2 Å². The van der Waals surface area contributed by atoms with Crippen molar-refractivity contribution in [2.24, 2.45) is 0 Å². The summed E-state index contributed by atoms with van der Waals surface area (Å²) in [6.45, 7) is 0. The first-order valence-corrected chi connectivity index (χ1v) is 7.56. The van der Waals surface area contributed by atoms with Crippen LogP contribution in [0.2, 0.25) is 5.02 Å². The number of nitrogens with zero attached hydrogens (tertiary/aromatic N) is 4. The number of tetrazole rings is 1. The zero-order valence-corrected chi connectivity index (χ0v) is 14.2. The van der Waals surface area contributed by atoms with Gasteiger partial charge in [0.1, 0.15) is 6.33 Å². The van der Waals surface area contributed by atoms with Gasteiger partial charge in [-0.1, -0.05) is 11.6 Å². The molecule has 0 bridgehead atoms. The summed E-state index contributed by atoms with van der Waals surface area (Å²) in [6, 6.07) is 9.96. The number of nitrogens with one attached hydrogen (secondary N) is 1. The third kappa shape index (κ3) is 3.53. The molecule has 1 amide bonds. The van der Waals surface area contributed by atoms with Crippen LogP contribution in [0.15, 0.2) is 42.7 Å². The molecule has 8 nitrogen and oxygen atoms in total. The Morgan fingerprint density at radius 1 is 1.12 bits per heavy atom. The maximum absolute atomic E-state index is 12.5. The van der Waals surface area contributed by atoms with Crippen molar-refractivity contribution in [2.45, 2.75) is 0 Å². The molecule has 0 aliphatic heterocycles. The SMILES string of the molecule is COc1ccc(C(=O)Nc2cc(-n3cnnn3)ccc2Cl)cc1OC. The van der Waals surface area contributed by atoms with Gasteiger partial charge in [-0.25, -0.2) is 4.68 Å². The predicted molar refractivity (Wildman–Crippen MR) is 91.7 cm³/mol. The van der Waals surface area contributed by atoms with E-state index in [4.69, 9.17) is 21.1 Å². The third-order valence-electron chi connectivity index (χ3n) is 3.46. The van der Waals surface area contributed by atoms with Crippen molar-refractivity contribution in [3.63, 3.8) is 0 Å². The van der Waals surface area contributed by atoms with Gasteiger partial charge in [-0.2, -0.15) is 0 Å². The van der Waals surface area contributed by atoms with E-state index in [0.717, 1.165) is 0 Å². The zero-order valence-electron chi connectivity index (χ0n) is 13.4. The van der Waals surface area contributed by atoms with Crippen LogP contribution in [-0.4, -0.2) is 40.3 Å². The lowest BCUT2D eigenvalue weighted by molar-refractivity contribution is 0.102. The van der Waals surface area contributed by atoms with Crippen LogP contribution in [-0.2, 0) is 0 Å². The Hall–Kier alpha value is -3.13. The summed E-state index contributed by atoms with van der Waals surface area (Å²) >= 11 is 6.18. The molecular weight excluding hydrogens is 346 g/mol.